The molecule has 1 aromatic rings. The summed E-state index contributed by atoms with van der Waals surface area (Å²) in [5.74, 6) is 0. The highest BCUT2D eigenvalue weighted by atomic mass is 16.5. The van der Waals surface area contributed by atoms with Crippen molar-refractivity contribution in [1.82, 2.24) is 0 Å². The minimum atomic E-state index is -0.0361. The van der Waals surface area contributed by atoms with Crippen molar-refractivity contribution in [2.45, 2.75) is 82.5 Å². The molecule has 4 bridgehead atoms. The molecule has 31 heavy (non-hydrogen) atoms. The maximum Gasteiger partial charge on any atom is 0.209 e. The second-order valence-corrected chi connectivity index (χ2v) is 11.1. The number of fused-ring (bicyclic) bond motifs is 6. The van der Waals surface area contributed by atoms with Gasteiger partial charge in [0.05, 0.1) is 17.9 Å². The summed E-state index contributed by atoms with van der Waals surface area (Å²) in [4.78, 5) is 0. The van der Waals surface area contributed by atoms with Crippen LogP contribution < -0.4 is 0 Å². The van der Waals surface area contributed by atoms with Gasteiger partial charge in [0.1, 0.15) is 6.10 Å². The fourth-order valence-corrected chi connectivity index (χ4v) is 7.95. The van der Waals surface area contributed by atoms with Crippen molar-refractivity contribution in [2.75, 3.05) is 0 Å². The van der Waals surface area contributed by atoms with Crippen LogP contribution in [0, 0.1) is 5.41 Å². The van der Waals surface area contributed by atoms with E-state index >= 15 is 0 Å². The average Bonchev–Trinajstić information content (AvgIpc) is 3.08. The molecular weight excluding hydrogens is 378 g/mol. The Morgan fingerprint density at radius 1 is 1.06 bits per heavy atom. The Hall–Kier alpha value is -2.19. The number of hydrogen-bond acceptors (Lipinski definition) is 1. The molecule has 3 fully saturated rings. The molecule has 0 amide bonds. The van der Waals surface area contributed by atoms with Crippen molar-refractivity contribution in [2.24, 2.45) is 5.41 Å². The SMILES string of the molecule is C=C1C2(CC)C3=CCCC=C3C3=CCC4O[C@@H]5CC4=[N+]3C12CC(C)(C)c1ccc5cc1. The molecule has 158 valence electrons. The monoisotopic (exact) mass is 410 g/mol. The van der Waals surface area contributed by atoms with E-state index in [0.717, 1.165) is 38.5 Å². The van der Waals surface area contributed by atoms with Crippen molar-refractivity contribution in [3.8, 4) is 0 Å². The van der Waals surface area contributed by atoms with E-state index in [1.807, 2.05) is 0 Å². The Morgan fingerprint density at radius 2 is 1.84 bits per heavy atom. The summed E-state index contributed by atoms with van der Waals surface area (Å²) in [7, 11) is 0. The van der Waals surface area contributed by atoms with Crippen LogP contribution in [0.15, 0.2) is 71.5 Å². The highest BCUT2D eigenvalue weighted by Gasteiger charge is 2.84. The summed E-state index contributed by atoms with van der Waals surface area (Å²) >= 11 is 0. The van der Waals surface area contributed by atoms with Gasteiger partial charge in [-0.3, -0.25) is 0 Å². The first-order chi connectivity index (χ1) is 14.9. The fourth-order valence-electron chi connectivity index (χ4n) is 7.95. The van der Waals surface area contributed by atoms with E-state index < -0.39 is 0 Å². The topological polar surface area (TPSA) is 12.2 Å². The first-order valence-electron chi connectivity index (χ1n) is 12.2. The lowest BCUT2D eigenvalue weighted by Crippen LogP contribution is -2.49. The van der Waals surface area contributed by atoms with Gasteiger partial charge < -0.3 is 4.74 Å². The fraction of sp³-hybridized carbons (Fsp3) is 0.483. The maximum atomic E-state index is 6.68. The molecule has 1 spiro atoms. The molecule has 4 atom stereocenters. The maximum absolute atomic E-state index is 6.68. The third kappa shape index (κ3) is 1.94. The van der Waals surface area contributed by atoms with Crippen LogP contribution in [0.3, 0.4) is 0 Å². The van der Waals surface area contributed by atoms with Gasteiger partial charge in [-0.25, -0.2) is 0 Å². The number of piperidine rings is 1. The normalized spacial score (nSPS) is 38.5. The number of ether oxygens (including phenoxy) is 1. The van der Waals surface area contributed by atoms with Gasteiger partial charge in [0.25, 0.3) is 0 Å². The Bertz CT molecular complexity index is 1170. The van der Waals surface area contributed by atoms with E-state index in [9.17, 15) is 0 Å². The van der Waals surface area contributed by atoms with Crippen molar-refractivity contribution < 1.29 is 9.31 Å². The van der Waals surface area contributed by atoms with Crippen LogP contribution in [0.4, 0.5) is 0 Å². The molecule has 2 heteroatoms. The summed E-state index contributed by atoms with van der Waals surface area (Å²) in [6.07, 6.45) is 14.4. The van der Waals surface area contributed by atoms with Crippen LogP contribution in [0.25, 0.3) is 0 Å². The zero-order valence-corrected chi connectivity index (χ0v) is 19.0. The van der Waals surface area contributed by atoms with E-state index in [0.29, 0.717) is 0 Å². The first-order valence-corrected chi connectivity index (χ1v) is 12.2. The molecule has 1 saturated carbocycles. The first kappa shape index (κ1) is 18.4. The molecule has 0 radical (unpaired) electrons. The molecule has 2 aliphatic carbocycles. The zero-order valence-electron chi connectivity index (χ0n) is 19.0. The number of allylic oxidation sites excluding steroid dienone is 3. The largest absolute Gasteiger partial charge is 0.359 e. The second kappa shape index (κ2) is 5.59. The molecule has 0 N–H and O–H groups in total. The molecule has 8 rings (SSSR count). The van der Waals surface area contributed by atoms with Crippen LogP contribution in [0.5, 0.6) is 0 Å². The highest BCUT2D eigenvalue weighted by Crippen LogP contribution is 2.77. The van der Waals surface area contributed by atoms with Crippen LogP contribution in [0.1, 0.15) is 76.5 Å². The van der Waals surface area contributed by atoms with Crippen LogP contribution in [0.2, 0.25) is 0 Å². The summed E-state index contributed by atoms with van der Waals surface area (Å²) in [5, 5.41) is 0. The van der Waals surface area contributed by atoms with Gasteiger partial charge in [-0.15, -0.1) is 0 Å². The lowest BCUT2D eigenvalue weighted by atomic mass is 9.69. The van der Waals surface area contributed by atoms with Crippen LogP contribution >= 0.6 is 0 Å². The van der Waals surface area contributed by atoms with Crippen molar-refractivity contribution in [3.05, 3.63) is 82.6 Å². The molecule has 3 unspecified atom stereocenters. The highest BCUT2D eigenvalue weighted by molar-refractivity contribution is 5.90. The minimum absolute atomic E-state index is 0.0361. The summed E-state index contributed by atoms with van der Waals surface area (Å²) in [6.45, 7) is 12.1. The summed E-state index contributed by atoms with van der Waals surface area (Å²) in [6, 6.07) is 9.34. The van der Waals surface area contributed by atoms with Gasteiger partial charge in [0.2, 0.25) is 11.2 Å². The number of hydrogen-bond donors (Lipinski definition) is 0. The minimum Gasteiger partial charge on any atom is -0.359 e. The van der Waals surface area contributed by atoms with Crippen molar-refractivity contribution in [3.63, 3.8) is 0 Å². The molecule has 5 heterocycles. The van der Waals surface area contributed by atoms with E-state index in [1.54, 1.807) is 5.57 Å². The Kier molecular flexibility index (Phi) is 3.31. The third-order valence-electron chi connectivity index (χ3n) is 9.37. The Labute approximate surface area is 185 Å². The van der Waals surface area contributed by atoms with Gasteiger partial charge in [-0.05, 0) is 47.5 Å². The smallest absolute Gasteiger partial charge is 0.209 e. The van der Waals surface area contributed by atoms with Crippen LogP contribution in [-0.2, 0) is 10.2 Å². The van der Waals surface area contributed by atoms with Gasteiger partial charge >= 0.3 is 0 Å². The van der Waals surface area contributed by atoms with Gasteiger partial charge in [0, 0.05) is 24.0 Å². The third-order valence-corrected chi connectivity index (χ3v) is 9.37. The van der Waals surface area contributed by atoms with E-state index in [1.165, 1.54) is 33.7 Å². The van der Waals surface area contributed by atoms with Gasteiger partial charge in [0.15, 0.2) is 5.71 Å². The molecule has 1 aromatic carbocycles. The van der Waals surface area contributed by atoms with Gasteiger partial charge in [-0.2, -0.15) is 4.58 Å². The Morgan fingerprint density at radius 3 is 2.61 bits per heavy atom. The second-order valence-electron chi connectivity index (χ2n) is 11.1. The summed E-state index contributed by atoms with van der Waals surface area (Å²) < 4.78 is 9.45. The molecule has 2 nitrogen and oxygen atoms in total. The zero-order chi connectivity index (χ0) is 21.2. The standard InChI is InChI=1S/C29H32NO/c1-5-28-18(2)29(28)17-27(3,4)20-12-10-19(11-13-20)26-16-24-25(31-26)15-14-23(30(24)29)21-8-6-7-9-22(21)28/h8-14,25-26H,2,5-7,15-17H2,1,3-4H3/q+1/t25?,26-,28?,29?/m1/s1. The number of nitrogens with zero attached hydrogens (tertiary/aromatic N) is 1. The van der Waals surface area contributed by atoms with Crippen LogP contribution in [-0.4, -0.2) is 21.9 Å². The molecule has 5 aliphatic heterocycles. The quantitative estimate of drug-likeness (QED) is 0.391. The average molecular weight is 411 g/mol. The predicted octanol–water partition coefficient (Wildman–Crippen LogP) is 6.30. The Balaban J connectivity index is 1.57. The molecule has 2 saturated heterocycles. The van der Waals surface area contributed by atoms with E-state index in [-0.39, 0.29) is 28.6 Å². The number of benzene rings is 1. The predicted molar refractivity (Wildman–Crippen MR) is 124 cm³/mol. The van der Waals surface area contributed by atoms with E-state index in [2.05, 4.69) is 67.8 Å². The number of rotatable bonds is 1. The van der Waals surface area contributed by atoms with Gasteiger partial charge in [-0.1, -0.05) is 63.8 Å². The summed E-state index contributed by atoms with van der Waals surface area (Å²) in [5.41, 5.74) is 10.3. The molecule has 0 aromatic heterocycles. The lowest BCUT2D eigenvalue weighted by molar-refractivity contribution is -0.547. The van der Waals surface area contributed by atoms with Crippen molar-refractivity contribution >= 4 is 5.71 Å². The van der Waals surface area contributed by atoms with E-state index in [4.69, 9.17) is 11.3 Å². The lowest BCUT2D eigenvalue weighted by Gasteiger charge is -2.39. The molecule has 7 aliphatic rings. The molecular formula is C29H32NO+. The van der Waals surface area contributed by atoms with Crippen molar-refractivity contribution in [1.29, 1.82) is 0 Å².